The van der Waals surface area contributed by atoms with E-state index < -0.39 is 5.82 Å². The molecule has 0 aliphatic carbocycles. The molecule has 0 unspecified atom stereocenters. The second-order valence-corrected chi connectivity index (χ2v) is 6.54. The molecular weight excluding hydrogens is 380 g/mol. The molecule has 1 atom stereocenters. The highest BCUT2D eigenvalue weighted by molar-refractivity contribution is 6.35. The number of hydrogen-bond acceptors (Lipinski definition) is 2. The highest BCUT2D eigenvalue weighted by atomic mass is 35.5. The highest BCUT2D eigenvalue weighted by Crippen LogP contribution is 2.27. The van der Waals surface area contributed by atoms with Crippen molar-refractivity contribution in [2.75, 3.05) is 18.9 Å². The van der Waals surface area contributed by atoms with E-state index in [0.29, 0.717) is 21.8 Å². The minimum absolute atomic E-state index is 0.0420. The number of halogens is 3. The van der Waals surface area contributed by atoms with Crippen LogP contribution in [0.25, 0.3) is 0 Å². The number of amides is 2. The van der Waals surface area contributed by atoms with Gasteiger partial charge in [-0.05, 0) is 37.3 Å². The van der Waals surface area contributed by atoms with Gasteiger partial charge in [0.25, 0.3) is 11.8 Å². The number of nitrogens with one attached hydrogen (secondary N) is 2. The summed E-state index contributed by atoms with van der Waals surface area (Å²) in [5.41, 5.74) is 1.53. The van der Waals surface area contributed by atoms with Gasteiger partial charge in [-0.3, -0.25) is 9.59 Å². The SMILES string of the molecule is CNC(=O)c1cccc(NC(=O)C[NH2+][C@@H](C)c2cc(F)c(Cl)cc2Cl)c1. The van der Waals surface area contributed by atoms with Crippen molar-refractivity contribution in [3.8, 4) is 0 Å². The lowest BCUT2D eigenvalue weighted by Crippen LogP contribution is -2.86. The molecule has 0 aromatic heterocycles. The predicted octanol–water partition coefficient (Wildman–Crippen LogP) is 2.76. The lowest BCUT2D eigenvalue weighted by Gasteiger charge is -2.13. The molecule has 138 valence electrons. The van der Waals surface area contributed by atoms with Gasteiger partial charge in [0.05, 0.1) is 10.0 Å². The van der Waals surface area contributed by atoms with Crippen molar-refractivity contribution in [3.63, 3.8) is 0 Å². The molecule has 4 N–H and O–H groups in total. The van der Waals surface area contributed by atoms with E-state index >= 15 is 0 Å². The van der Waals surface area contributed by atoms with Gasteiger partial charge >= 0.3 is 0 Å². The fraction of sp³-hybridized carbons (Fsp3) is 0.222. The zero-order chi connectivity index (χ0) is 19.3. The Labute approximate surface area is 160 Å². The zero-order valence-corrected chi connectivity index (χ0v) is 15.8. The summed E-state index contributed by atoms with van der Waals surface area (Å²) in [5.74, 6) is -1.04. The van der Waals surface area contributed by atoms with Crippen LogP contribution in [0.15, 0.2) is 36.4 Å². The summed E-state index contributed by atoms with van der Waals surface area (Å²) in [4.78, 5) is 23.8. The Hall–Kier alpha value is -2.15. The molecule has 0 heterocycles. The standard InChI is InChI=1S/C18H18Cl2FN3O2/c1-10(13-7-16(21)15(20)8-14(13)19)23-9-17(25)24-12-5-3-4-11(6-12)18(26)22-2/h3-8,10,23H,9H2,1-2H3,(H,22,26)(H,24,25)/p+1/t10-/m0/s1. The Bertz CT molecular complexity index is 830. The van der Waals surface area contributed by atoms with Crippen molar-refractivity contribution in [2.24, 2.45) is 0 Å². The van der Waals surface area contributed by atoms with Crippen LogP contribution in [0.2, 0.25) is 10.0 Å². The first-order valence-corrected chi connectivity index (χ1v) is 8.67. The molecule has 0 fully saturated rings. The van der Waals surface area contributed by atoms with Crippen LogP contribution in [0.4, 0.5) is 10.1 Å². The van der Waals surface area contributed by atoms with Crippen LogP contribution in [0.3, 0.4) is 0 Å². The summed E-state index contributed by atoms with van der Waals surface area (Å²) in [5, 5.41) is 7.28. The first-order valence-electron chi connectivity index (χ1n) is 7.91. The van der Waals surface area contributed by atoms with E-state index in [0.717, 1.165) is 0 Å². The van der Waals surface area contributed by atoms with Gasteiger partial charge in [0, 0.05) is 23.9 Å². The number of carbonyl (C=O) groups is 2. The molecule has 0 radical (unpaired) electrons. The number of carbonyl (C=O) groups excluding carboxylic acids is 2. The molecule has 2 rings (SSSR count). The molecule has 2 amide bonds. The van der Waals surface area contributed by atoms with Gasteiger partial charge < -0.3 is 16.0 Å². The minimum Gasteiger partial charge on any atom is -0.355 e. The van der Waals surface area contributed by atoms with Crippen molar-refractivity contribution in [1.82, 2.24) is 5.32 Å². The Morgan fingerprint density at radius 2 is 1.92 bits per heavy atom. The average Bonchev–Trinajstić information content (AvgIpc) is 2.62. The summed E-state index contributed by atoms with van der Waals surface area (Å²) < 4.78 is 13.6. The summed E-state index contributed by atoms with van der Waals surface area (Å²) in [6.45, 7) is 1.92. The monoisotopic (exact) mass is 398 g/mol. The van der Waals surface area contributed by atoms with Crippen molar-refractivity contribution in [3.05, 3.63) is 63.4 Å². The largest absolute Gasteiger partial charge is 0.355 e. The van der Waals surface area contributed by atoms with Crippen LogP contribution in [0.5, 0.6) is 0 Å². The third-order valence-corrected chi connectivity index (χ3v) is 4.44. The van der Waals surface area contributed by atoms with E-state index in [-0.39, 0.29) is 29.4 Å². The maximum atomic E-state index is 13.6. The molecular formula is C18H19Cl2FN3O2+. The van der Waals surface area contributed by atoms with Crippen molar-refractivity contribution in [1.29, 1.82) is 0 Å². The second kappa shape index (κ2) is 8.98. The van der Waals surface area contributed by atoms with E-state index in [9.17, 15) is 14.0 Å². The molecule has 2 aromatic carbocycles. The number of quaternary nitrogens is 1. The molecule has 0 saturated carbocycles. The van der Waals surface area contributed by atoms with Gasteiger partial charge in [-0.25, -0.2) is 4.39 Å². The number of nitrogens with two attached hydrogens (primary N) is 1. The van der Waals surface area contributed by atoms with Crippen molar-refractivity contribution >= 4 is 40.7 Å². The van der Waals surface area contributed by atoms with Crippen LogP contribution in [-0.4, -0.2) is 25.4 Å². The fourth-order valence-corrected chi connectivity index (χ4v) is 2.95. The lowest BCUT2D eigenvalue weighted by molar-refractivity contribution is -0.682. The lowest BCUT2D eigenvalue weighted by atomic mass is 10.1. The average molecular weight is 399 g/mol. The second-order valence-electron chi connectivity index (χ2n) is 5.72. The first kappa shape index (κ1) is 20.2. The Morgan fingerprint density at radius 3 is 2.62 bits per heavy atom. The Kier molecular flexibility index (Phi) is 6.97. The van der Waals surface area contributed by atoms with Crippen LogP contribution in [0.1, 0.15) is 28.9 Å². The van der Waals surface area contributed by atoms with Crippen molar-refractivity contribution in [2.45, 2.75) is 13.0 Å². The maximum absolute atomic E-state index is 13.6. The molecule has 0 spiro atoms. The molecule has 8 heteroatoms. The summed E-state index contributed by atoms with van der Waals surface area (Å²) in [6.07, 6.45) is 0. The number of hydrogen-bond donors (Lipinski definition) is 3. The summed E-state index contributed by atoms with van der Waals surface area (Å²) in [7, 11) is 1.54. The predicted molar refractivity (Wildman–Crippen MR) is 100 cm³/mol. The van der Waals surface area contributed by atoms with Crippen LogP contribution < -0.4 is 16.0 Å². The first-order chi connectivity index (χ1) is 12.3. The molecule has 0 aliphatic rings. The molecule has 0 bridgehead atoms. The van der Waals surface area contributed by atoms with Gasteiger partial charge in [0.2, 0.25) is 0 Å². The number of benzene rings is 2. The maximum Gasteiger partial charge on any atom is 0.279 e. The molecule has 26 heavy (non-hydrogen) atoms. The van der Waals surface area contributed by atoms with Crippen LogP contribution >= 0.6 is 23.2 Å². The minimum atomic E-state index is -0.554. The van der Waals surface area contributed by atoms with Crippen LogP contribution in [-0.2, 0) is 4.79 Å². The van der Waals surface area contributed by atoms with Gasteiger partial charge in [0.15, 0.2) is 6.54 Å². The molecule has 2 aromatic rings. The third kappa shape index (κ3) is 5.17. The Morgan fingerprint density at radius 1 is 1.19 bits per heavy atom. The Balaban J connectivity index is 1.97. The fourth-order valence-electron chi connectivity index (χ4n) is 2.39. The van der Waals surface area contributed by atoms with E-state index in [2.05, 4.69) is 10.6 Å². The van der Waals surface area contributed by atoms with E-state index in [1.807, 2.05) is 6.92 Å². The topological polar surface area (TPSA) is 74.8 Å². The van der Waals surface area contributed by atoms with Gasteiger partial charge in [-0.15, -0.1) is 0 Å². The number of anilines is 1. The normalized spacial score (nSPS) is 11.7. The van der Waals surface area contributed by atoms with Crippen LogP contribution in [0, 0.1) is 5.82 Å². The van der Waals surface area contributed by atoms with Gasteiger partial charge in [-0.2, -0.15) is 0 Å². The molecule has 0 aliphatic heterocycles. The number of rotatable bonds is 6. The van der Waals surface area contributed by atoms with Crippen molar-refractivity contribution < 1.29 is 19.3 Å². The van der Waals surface area contributed by atoms with Gasteiger partial charge in [-0.1, -0.05) is 29.3 Å². The van der Waals surface area contributed by atoms with E-state index in [1.54, 1.807) is 29.6 Å². The quantitative estimate of drug-likeness (QED) is 0.654. The summed E-state index contributed by atoms with van der Waals surface area (Å²) >= 11 is 11.8. The zero-order valence-electron chi connectivity index (χ0n) is 14.3. The van der Waals surface area contributed by atoms with Gasteiger partial charge in [0.1, 0.15) is 11.9 Å². The molecule has 0 saturated heterocycles. The van der Waals surface area contributed by atoms with E-state index in [4.69, 9.17) is 23.2 Å². The summed E-state index contributed by atoms with van der Waals surface area (Å²) in [6, 6.07) is 9.00. The smallest absolute Gasteiger partial charge is 0.279 e. The third-order valence-electron chi connectivity index (χ3n) is 3.82. The van der Waals surface area contributed by atoms with E-state index in [1.165, 1.54) is 19.2 Å². The molecule has 5 nitrogen and oxygen atoms in total. The highest BCUT2D eigenvalue weighted by Gasteiger charge is 2.17.